The molecule has 3 rings (SSSR count). The van der Waals surface area contributed by atoms with Gasteiger partial charge in [0, 0.05) is 45.5 Å². The molecule has 0 radical (unpaired) electrons. The molecule has 130 valence electrons. The maximum Gasteiger partial charge on any atom is 0.191 e. The van der Waals surface area contributed by atoms with Gasteiger partial charge < -0.3 is 19.9 Å². The minimum atomic E-state index is 0.827. The fourth-order valence-electron chi connectivity index (χ4n) is 3.15. The Balaban J connectivity index is 1.37. The normalized spacial score (nSPS) is 16.5. The highest BCUT2D eigenvalue weighted by atomic mass is 15.2. The SMILES string of the molecule is CN=C(NCCc1cn2ccccc2n1)NCCN1CCCCC1. The van der Waals surface area contributed by atoms with Crippen LogP contribution < -0.4 is 10.6 Å². The van der Waals surface area contributed by atoms with E-state index in [9.17, 15) is 0 Å². The predicted octanol–water partition coefficient (Wildman–Crippen LogP) is 1.53. The molecule has 1 fully saturated rings. The lowest BCUT2D eigenvalue weighted by atomic mass is 10.1. The summed E-state index contributed by atoms with van der Waals surface area (Å²) in [5.74, 6) is 0.871. The van der Waals surface area contributed by atoms with Crippen molar-refractivity contribution in [2.24, 2.45) is 4.99 Å². The molecule has 0 aliphatic carbocycles. The van der Waals surface area contributed by atoms with Crippen LogP contribution in [-0.2, 0) is 6.42 Å². The number of imidazole rings is 1. The standard InChI is InChI=1S/C18H28N6/c1-19-18(21-10-14-23-11-4-2-5-12-23)20-9-8-16-15-24-13-6-3-7-17(24)22-16/h3,6-7,13,15H,2,4-5,8-12,14H2,1H3,(H2,19,20,21). The zero-order valence-corrected chi connectivity index (χ0v) is 14.5. The van der Waals surface area contributed by atoms with Gasteiger partial charge in [-0.2, -0.15) is 0 Å². The summed E-state index contributed by atoms with van der Waals surface area (Å²) in [7, 11) is 1.82. The molecule has 0 bridgehead atoms. The smallest absolute Gasteiger partial charge is 0.191 e. The van der Waals surface area contributed by atoms with Crippen LogP contribution in [0.15, 0.2) is 35.6 Å². The Bertz CT molecular complexity index is 623. The first-order valence-electron chi connectivity index (χ1n) is 8.94. The number of hydrogen-bond donors (Lipinski definition) is 2. The van der Waals surface area contributed by atoms with Gasteiger partial charge in [0.2, 0.25) is 0 Å². The van der Waals surface area contributed by atoms with E-state index in [0.29, 0.717) is 0 Å². The number of nitrogens with one attached hydrogen (secondary N) is 2. The van der Waals surface area contributed by atoms with Crippen LogP contribution in [0, 0.1) is 0 Å². The second kappa shape index (κ2) is 8.68. The van der Waals surface area contributed by atoms with Crippen molar-refractivity contribution in [3.05, 3.63) is 36.3 Å². The Morgan fingerprint density at radius 2 is 2.00 bits per heavy atom. The Morgan fingerprint density at radius 1 is 1.17 bits per heavy atom. The van der Waals surface area contributed by atoms with E-state index >= 15 is 0 Å². The minimum absolute atomic E-state index is 0.827. The largest absolute Gasteiger partial charge is 0.356 e. The van der Waals surface area contributed by atoms with Crippen LogP contribution in [0.2, 0.25) is 0 Å². The predicted molar refractivity (Wildman–Crippen MR) is 98.6 cm³/mol. The molecule has 1 aliphatic heterocycles. The number of fused-ring (bicyclic) bond motifs is 1. The van der Waals surface area contributed by atoms with Crippen molar-refractivity contribution in [1.29, 1.82) is 0 Å². The number of aliphatic imine (C=N–C) groups is 1. The molecular weight excluding hydrogens is 300 g/mol. The first-order chi connectivity index (χ1) is 11.8. The molecule has 0 spiro atoms. The lowest BCUT2D eigenvalue weighted by Crippen LogP contribution is -2.43. The van der Waals surface area contributed by atoms with Crippen molar-refractivity contribution in [3.8, 4) is 0 Å². The number of likely N-dealkylation sites (tertiary alicyclic amines) is 1. The zero-order chi connectivity index (χ0) is 16.6. The number of rotatable bonds is 6. The van der Waals surface area contributed by atoms with Crippen molar-refractivity contribution in [1.82, 2.24) is 24.9 Å². The van der Waals surface area contributed by atoms with E-state index in [0.717, 1.165) is 43.4 Å². The van der Waals surface area contributed by atoms with Gasteiger partial charge in [0.1, 0.15) is 5.65 Å². The van der Waals surface area contributed by atoms with Gasteiger partial charge in [-0.1, -0.05) is 12.5 Å². The van der Waals surface area contributed by atoms with Crippen LogP contribution >= 0.6 is 0 Å². The Kier molecular flexibility index (Phi) is 6.07. The van der Waals surface area contributed by atoms with Crippen LogP contribution in [0.1, 0.15) is 25.0 Å². The molecule has 24 heavy (non-hydrogen) atoms. The molecule has 1 saturated heterocycles. The first-order valence-corrected chi connectivity index (χ1v) is 8.94. The Labute approximate surface area is 144 Å². The lowest BCUT2D eigenvalue weighted by Gasteiger charge is -2.26. The Hall–Kier alpha value is -2.08. The third-order valence-electron chi connectivity index (χ3n) is 4.48. The van der Waals surface area contributed by atoms with Gasteiger partial charge in [0.25, 0.3) is 0 Å². The fourth-order valence-corrected chi connectivity index (χ4v) is 3.15. The monoisotopic (exact) mass is 328 g/mol. The Morgan fingerprint density at radius 3 is 2.79 bits per heavy atom. The van der Waals surface area contributed by atoms with E-state index in [4.69, 9.17) is 0 Å². The average Bonchev–Trinajstić information content (AvgIpc) is 3.04. The summed E-state index contributed by atoms with van der Waals surface area (Å²) in [6.07, 6.45) is 9.06. The highest BCUT2D eigenvalue weighted by Crippen LogP contribution is 2.07. The molecule has 0 amide bonds. The van der Waals surface area contributed by atoms with Crippen molar-refractivity contribution in [3.63, 3.8) is 0 Å². The quantitative estimate of drug-likeness (QED) is 0.624. The highest BCUT2D eigenvalue weighted by molar-refractivity contribution is 5.79. The van der Waals surface area contributed by atoms with E-state index in [1.807, 2.05) is 31.4 Å². The molecule has 2 aromatic rings. The third kappa shape index (κ3) is 4.71. The molecule has 3 heterocycles. The van der Waals surface area contributed by atoms with Crippen LogP contribution in [0.3, 0.4) is 0 Å². The van der Waals surface area contributed by atoms with Gasteiger partial charge in [-0.15, -0.1) is 0 Å². The summed E-state index contributed by atoms with van der Waals surface area (Å²) in [6, 6.07) is 6.06. The van der Waals surface area contributed by atoms with E-state index in [1.54, 1.807) is 0 Å². The average molecular weight is 328 g/mol. The van der Waals surface area contributed by atoms with Crippen molar-refractivity contribution >= 4 is 11.6 Å². The molecular formula is C18H28N6. The molecule has 0 saturated carbocycles. The highest BCUT2D eigenvalue weighted by Gasteiger charge is 2.09. The maximum absolute atomic E-state index is 4.61. The van der Waals surface area contributed by atoms with Gasteiger partial charge in [0.05, 0.1) is 5.69 Å². The van der Waals surface area contributed by atoms with Crippen molar-refractivity contribution in [2.75, 3.05) is 39.8 Å². The summed E-state index contributed by atoms with van der Waals surface area (Å²) >= 11 is 0. The van der Waals surface area contributed by atoms with Crippen molar-refractivity contribution in [2.45, 2.75) is 25.7 Å². The second-order valence-corrected chi connectivity index (χ2v) is 6.28. The van der Waals surface area contributed by atoms with Crippen LogP contribution in [-0.4, -0.2) is 60.0 Å². The van der Waals surface area contributed by atoms with Crippen LogP contribution in [0.5, 0.6) is 0 Å². The number of pyridine rings is 1. The van der Waals surface area contributed by atoms with E-state index in [1.165, 1.54) is 32.4 Å². The summed E-state index contributed by atoms with van der Waals surface area (Å²) in [5.41, 5.74) is 2.09. The first kappa shape index (κ1) is 16.8. The summed E-state index contributed by atoms with van der Waals surface area (Å²) < 4.78 is 2.06. The molecule has 1 aliphatic rings. The number of guanidine groups is 1. The molecule has 6 nitrogen and oxygen atoms in total. The number of hydrogen-bond acceptors (Lipinski definition) is 3. The zero-order valence-electron chi connectivity index (χ0n) is 14.5. The number of aromatic nitrogens is 2. The molecule has 0 aromatic carbocycles. The van der Waals surface area contributed by atoms with Gasteiger partial charge >= 0.3 is 0 Å². The van der Waals surface area contributed by atoms with Crippen molar-refractivity contribution < 1.29 is 0 Å². The molecule has 0 atom stereocenters. The summed E-state index contributed by atoms with van der Waals surface area (Å²) in [5, 5.41) is 6.77. The van der Waals surface area contributed by atoms with Crippen LogP contribution in [0.4, 0.5) is 0 Å². The fraction of sp³-hybridized carbons (Fsp3) is 0.556. The van der Waals surface area contributed by atoms with Gasteiger partial charge in [-0.25, -0.2) is 4.98 Å². The van der Waals surface area contributed by atoms with Crippen LogP contribution in [0.25, 0.3) is 5.65 Å². The summed E-state index contributed by atoms with van der Waals surface area (Å²) in [4.78, 5) is 11.4. The van der Waals surface area contributed by atoms with Gasteiger partial charge in [-0.05, 0) is 38.1 Å². The van der Waals surface area contributed by atoms with E-state index < -0.39 is 0 Å². The molecule has 2 aromatic heterocycles. The lowest BCUT2D eigenvalue weighted by molar-refractivity contribution is 0.232. The molecule has 0 unspecified atom stereocenters. The van der Waals surface area contributed by atoms with E-state index in [2.05, 4.69) is 36.1 Å². The van der Waals surface area contributed by atoms with Gasteiger partial charge in [-0.3, -0.25) is 4.99 Å². The second-order valence-electron chi connectivity index (χ2n) is 6.28. The topological polar surface area (TPSA) is 57.0 Å². The summed E-state index contributed by atoms with van der Waals surface area (Å²) in [6.45, 7) is 5.33. The minimum Gasteiger partial charge on any atom is -0.356 e. The number of nitrogens with zero attached hydrogens (tertiary/aromatic N) is 4. The molecule has 2 N–H and O–H groups in total. The van der Waals surface area contributed by atoms with Gasteiger partial charge in [0.15, 0.2) is 5.96 Å². The number of piperidine rings is 1. The van der Waals surface area contributed by atoms with E-state index in [-0.39, 0.29) is 0 Å². The molecule has 6 heteroatoms. The maximum atomic E-state index is 4.61. The third-order valence-corrected chi connectivity index (χ3v) is 4.48.